The fourth-order valence-electron chi connectivity index (χ4n) is 2.62. The Hall–Kier alpha value is -3.19. The zero-order chi connectivity index (χ0) is 20.1. The zero-order valence-electron chi connectivity index (χ0n) is 15.1. The van der Waals surface area contributed by atoms with Gasteiger partial charge in [-0.2, -0.15) is 0 Å². The van der Waals surface area contributed by atoms with E-state index in [-0.39, 0.29) is 22.1 Å². The molecular formula is C21H19FN2O3S. The molecule has 0 radical (unpaired) electrons. The van der Waals surface area contributed by atoms with Crippen molar-refractivity contribution in [1.29, 1.82) is 0 Å². The molecule has 7 heteroatoms. The van der Waals surface area contributed by atoms with Gasteiger partial charge in [-0.15, -0.1) is 0 Å². The highest BCUT2D eigenvalue weighted by Gasteiger charge is 2.16. The van der Waals surface area contributed by atoms with Gasteiger partial charge in [-0.3, -0.25) is 9.52 Å². The molecule has 0 aromatic heterocycles. The van der Waals surface area contributed by atoms with Crippen LogP contribution in [0, 0.1) is 12.7 Å². The lowest BCUT2D eigenvalue weighted by Gasteiger charge is -2.11. The number of benzene rings is 3. The Balaban J connectivity index is 1.74. The highest BCUT2D eigenvalue weighted by molar-refractivity contribution is 7.92. The third kappa shape index (κ3) is 4.75. The first-order valence-electron chi connectivity index (χ1n) is 8.56. The maximum atomic E-state index is 13.0. The second kappa shape index (κ2) is 8.22. The van der Waals surface area contributed by atoms with E-state index in [2.05, 4.69) is 10.0 Å². The monoisotopic (exact) mass is 398 g/mol. The van der Waals surface area contributed by atoms with Crippen molar-refractivity contribution in [2.45, 2.75) is 18.4 Å². The molecule has 3 aromatic rings. The van der Waals surface area contributed by atoms with Gasteiger partial charge in [0.05, 0.1) is 4.90 Å². The summed E-state index contributed by atoms with van der Waals surface area (Å²) in [6, 6.07) is 18.4. The minimum Gasteiger partial charge on any atom is -0.348 e. The minimum absolute atomic E-state index is 0.0552. The van der Waals surface area contributed by atoms with Crippen molar-refractivity contribution in [3.05, 3.63) is 95.3 Å². The Morgan fingerprint density at radius 3 is 2.39 bits per heavy atom. The smallest absolute Gasteiger partial charge is 0.261 e. The standard InChI is InChI=1S/C21H19FN2O3S/c1-15-5-2-3-6-17(15)14-23-21(25)16-7-4-8-20(13-16)28(26,27)24-19-11-9-18(22)10-12-19/h2-13,24H,14H2,1H3,(H,23,25). The second-order valence-electron chi connectivity index (χ2n) is 6.25. The van der Waals surface area contributed by atoms with Crippen LogP contribution in [0.4, 0.5) is 10.1 Å². The number of anilines is 1. The molecule has 2 N–H and O–H groups in total. The number of hydrogen-bond acceptors (Lipinski definition) is 3. The quantitative estimate of drug-likeness (QED) is 0.662. The van der Waals surface area contributed by atoms with Crippen LogP contribution >= 0.6 is 0 Å². The first kappa shape index (κ1) is 19.6. The van der Waals surface area contributed by atoms with Crippen LogP contribution in [0.1, 0.15) is 21.5 Å². The van der Waals surface area contributed by atoms with Crippen LogP contribution in [0.25, 0.3) is 0 Å². The number of aryl methyl sites for hydroxylation is 1. The molecule has 3 aromatic carbocycles. The van der Waals surface area contributed by atoms with Gasteiger partial charge in [0.15, 0.2) is 0 Å². The van der Waals surface area contributed by atoms with Gasteiger partial charge < -0.3 is 5.32 Å². The fourth-order valence-corrected chi connectivity index (χ4v) is 3.73. The molecule has 0 aliphatic rings. The third-order valence-electron chi connectivity index (χ3n) is 4.20. The summed E-state index contributed by atoms with van der Waals surface area (Å²) in [7, 11) is -3.91. The minimum atomic E-state index is -3.91. The van der Waals surface area contributed by atoms with Gasteiger partial charge in [0, 0.05) is 17.8 Å². The molecule has 144 valence electrons. The lowest BCUT2D eigenvalue weighted by Crippen LogP contribution is -2.23. The van der Waals surface area contributed by atoms with Crippen molar-refractivity contribution < 1.29 is 17.6 Å². The van der Waals surface area contributed by atoms with Crippen LogP contribution in [0.15, 0.2) is 77.7 Å². The summed E-state index contributed by atoms with van der Waals surface area (Å²) in [5, 5.41) is 2.79. The van der Waals surface area contributed by atoms with Crippen molar-refractivity contribution in [1.82, 2.24) is 5.32 Å². The van der Waals surface area contributed by atoms with Gasteiger partial charge in [0.25, 0.3) is 15.9 Å². The van der Waals surface area contributed by atoms with Gasteiger partial charge in [0.1, 0.15) is 5.82 Å². The predicted octanol–water partition coefficient (Wildman–Crippen LogP) is 3.86. The number of rotatable bonds is 6. The Morgan fingerprint density at radius 2 is 1.68 bits per heavy atom. The highest BCUT2D eigenvalue weighted by Crippen LogP contribution is 2.18. The molecule has 0 aliphatic carbocycles. The summed E-state index contributed by atoms with van der Waals surface area (Å²) in [4.78, 5) is 12.4. The normalized spacial score (nSPS) is 11.1. The first-order valence-corrected chi connectivity index (χ1v) is 10.0. The Morgan fingerprint density at radius 1 is 0.964 bits per heavy atom. The molecule has 0 aliphatic heterocycles. The van der Waals surface area contributed by atoms with Crippen LogP contribution in [-0.2, 0) is 16.6 Å². The highest BCUT2D eigenvalue weighted by atomic mass is 32.2. The molecule has 3 rings (SSSR count). The second-order valence-corrected chi connectivity index (χ2v) is 7.93. The topological polar surface area (TPSA) is 75.3 Å². The number of carbonyl (C=O) groups excluding carboxylic acids is 1. The summed E-state index contributed by atoms with van der Waals surface area (Å²) in [5.41, 5.74) is 2.51. The predicted molar refractivity (Wildman–Crippen MR) is 106 cm³/mol. The number of carbonyl (C=O) groups is 1. The van der Waals surface area contributed by atoms with Crippen molar-refractivity contribution in [3.63, 3.8) is 0 Å². The molecule has 5 nitrogen and oxygen atoms in total. The third-order valence-corrected chi connectivity index (χ3v) is 5.58. The Bertz CT molecular complexity index is 1100. The SMILES string of the molecule is Cc1ccccc1CNC(=O)c1cccc(S(=O)(=O)Nc2ccc(F)cc2)c1. The number of hydrogen-bond donors (Lipinski definition) is 2. The molecule has 0 heterocycles. The van der Waals surface area contributed by atoms with Gasteiger partial charge in [-0.25, -0.2) is 12.8 Å². The lowest BCUT2D eigenvalue weighted by molar-refractivity contribution is 0.0950. The summed E-state index contributed by atoms with van der Waals surface area (Å²) >= 11 is 0. The maximum absolute atomic E-state index is 13.0. The van der Waals surface area contributed by atoms with E-state index in [1.54, 1.807) is 6.07 Å². The van der Waals surface area contributed by atoms with E-state index in [0.29, 0.717) is 6.54 Å². The summed E-state index contributed by atoms with van der Waals surface area (Å²) in [6.07, 6.45) is 0. The van der Waals surface area contributed by atoms with Crippen LogP contribution < -0.4 is 10.0 Å². The van der Waals surface area contributed by atoms with E-state index in [1.165, 1.54) is 30.3 Å². The molecular weight excluding hydrogens is 379 g/mol. The van der Waals surface area contributed by atoms with Gasteiger partial charge in [-0.1, -0.05) is 30.3 Å². The average Bonchev–Trinajstić information content (AvgIpc) is 2.69. The lowest BCUT2D eigenvalue weighted by atomic mass is 10.1. The maximum Gasteiger partial charge on any atom is 0.261 e. The number of nitrogens with one attached hydrogen (secondary N) is 2. The Labute approximate surface area is 163 Å². The van der Waals surface area contributed by atoms with E-state index in [1.807, 2.05) is 31.2 Å². The van der Waals surface area contributed by atoms with Gasteiger partial charge in [-0.05, 0) is 60.5 Å². The number of amides is 1. The van der Waals surface area contributed by atoms with Crippen molar-refractivity contribution in [2.75, 3.05) is 4.72 Å². The van der Waals surface area contributed by atoms with E-state index in [0.717, 1.165) is 23.3 Å². The molecule has 0 atom stereocenters. The van der Waals surface area contributed by atoms with Crippen molar-refractivity contribution >= 4 is 21.6 Å². The van der Waals surface area contributed by atoms with Crippen molar-refractivity contribution in [3.8, 4) is 0 Å². The largest absolute Gasteiger partial charge is 0.348 e. The molecule has 1 amide bonds. The van der Waals surface area contributed by atoms with Gasteiger partial charge >= 0.3 is 0 Å². The van der Waals surface area contributed by atoms with E-state index >= 15 is 0 Å². The number of sulfonamides is 1. The Kier molecular flexibility index (Phi) is 5.75. The zero-order valence-corrected chi connectivity index (χ0v) is 16.0. The number of halogens is 1. The first-order chi connectivity index (χ1) is 13.3. The van der Waals surface area contributed by atoms with Gasteiger partial charge in [0.2, 0.25) is 0 Å². The van der Waals surface area contributed by atoms with E-state index in [9.17, 15) is 17.6 Å². The molecule has 0 fully saturated rings. The van der Waals surface area contributed by atoms with Crippen LogP contribution in [0.3, 0.4) is 0 Å². The fraction of sp³-hybridized carbons (Fsp3) is 0.0952. The summed E-state index contributed by atoms with van der Waals surface area (Å²) in [5.74, 6) is -0.836. The average molecular weight is 398 g/mol. The van der Waals surface area contributed by atoms with Crippen LogP contribution in [-0.4, -0.2) is 14.3 Å². The molecule has 28 heavy (non-hydrogen) atoms. The van der Waals surface area contributed by atoms with Crippen LogP contribution in [0.2, 0.25) is 0 Å². The molecule has 0 bridgehead atoms. The molecule has 0 saturated carbocycles. The summed E-state index contributed by atoms with van der Waals surface area (Å²) < 4.78 is 40.4. The summed E-state index contributed by atoms with van der Waals surface area (Å²) in [6.45, 7) is 2.30. The molecule has 0 saturated heterocycles. The molecule has 0 spiro atoms. The van der Waals surface area contributed by atoms with E-state index < -0.39 is 15.8 Å². The van der Waals surface area contributed by atoms with E-state index in [4.69, 9.17) is 0 Å². The van der Waals surface area contributed by atoms with Crippen LogP contribution in [0.5, 0.6) is 0 Å². The molecule has 0 unspecified atom stereocenters. The van der Waals surface area contributed by atoms with Crippen molar-refractivity contribution in [2.24, 2.45) is 0 Å².